The van der Waals surface area contributed by atoms with E-state index >= 15 is 0 Å². The van der Waals surface area contributed by atoms with E-state index in [0.29, 0.717) is 23.6 Å². The zero-order valence-electron chi connectivity index (χ0n) is 11.2. The van der Waals surface area contributed by atoms with E-state index in [1.807, 2.05) is 30.3 Å². The predicted molar refractivity (Wildman–Crippen MR) is 74.8 cm³/mol. The van der Waals surface area contributed by atoms with Gasteiger partial charge in [-0.3, -0.25) is 9.48 Å². The Morgan fingerprint density at radius 3 is 2.63 bits per heavy atom. The molecule has 0 aliphatic rings. The number of carbonyl (C=O) groups is 1. The molecular weight excluding hydrogens is 240 g/mol. The van der Waals surface area contributed by atoms with Gasteiger partial charge in [-0.1, -0.05) is 30.3 Å². The van der Waals surface area contributed by atoms with E-state index in [4.69, 9.17) is 5.73 Å². The second-order valence-electron chi connectivity index (χ2n) is 4.46. The summed E-state index contributed by atoms with van der Waals surface area (Å²) in [5.74, 6) is -0.184. The molecule has 0 spiro atoms. The van der Waals surface area contributed by atoms with Crippen LogP contribution < -0.4 is 11.1 Å². The van der Waals surface area contributed by atoms with Crippen LogP contribution in [-0.2, 0) is 13.5 Å². The molecule has 1 aromatic heterocycles. The first-order valence-electron chi connectivity index (χ1n) is 6.21. The van der Waals surface area contributed by atoms with Crippen LogP contribution in [0.5, 0.6) is 0 Å². The maximum Gasteiger partial charge on any atom is 0.271 e. The van der Waals surface area contributed by atoms with Crippen molar-refractivity contribution in [1.82, 2.24) is 15.1 Å². The van der Waals surface area contributed by atoms with Gasteiger partial charge in [-0.2, -0.15) is 5.10 Å². The van der Waals surface area contributed by atoms with Crippen molar-refractivity contribution in [3.63, 3.8) is 0 Å². The van der Waals surface area contributed by atoms with Gasteiger partial charge in [0.25, 0.3) is 5.91 Å². The summed E-state index contributed by atoms with van der Waals surface area (Å²) in [7, 11) is 1.72. The van der Waals surface area contributed by atoms with Crippen molar-refractivity contribution in [3.8, 4) is 0 Å². The van der Waals surface area contributed by atoms with Gasteiger partial charge in [0.05, 0.1) is 11.4 Å². The number of aromatic nitrogens is 2. The van der Waals surface area contributed by atoms with E-state index in [2.05, 4.69) is 10.4 Å². The van der Waals surface area contributed by atoms with E-state index in [-0.39, 0.29) is 5.91 Å². The van der Waals surface area contributed by atoms with Crippen molar-refractivity contribution in [2.75, 3.05) is 12.3 Å². The van der Waals surface area contributed by atoms with Crippen LogP contribution in [0.25, 0.3) is 0 Å². The molecule has 0 aliphatic carbocycles. The van der Waals surface area contributed by atoms with Crippen molar-refractivity contribution in [2.45, 2.75) is 13.3 Å². The van der Waals surface area contributed by atoms with E-state index < -0.39 is 0 Å². The quantitative estimate of drug-likeness (QED) is 0.867. The molecule has 0 bridgehead atoms. The van der Waals surface area contributed by atoms with Crippen LogP contribution in [0.3, 0.4) is 0 Å². The lowest BCUT2D eigenvalue weighted by molar-refractivity contribution is 0.0945. The number of carbonyl (C=O) groups excluding carboxylic acids is 1. The minimum atomic E-state index is -0.184. The van der Waals surface area contributed by atoms with Crippen molar-refractivity contribution in [2.24, 2.45) is 7.05 Å². The first kappa shape index (κ1) is 13.1. The molecule has 0 aliphatic heterocycles. The van der Waals surface area contributed by atoms with E-state index in [1.54, 1.807) is 14.0 Å². The van der Waals surface area contributed by atoms with Crippen LogP contribution in [0.1, 0.15) is 21.7 Å². The van der Waals surface area contributed by atoms with Crippen LogP contribution in [0.2, 0.25) is 0 Å². The predicted octanol–water partition coefficient (Wildman–Crippen LogP) is 1.28. The van der Waals surface area contributed by atoms with Gasteiger partial charge in [0.2, 0.25) is 0 Å². The number of nitrogens with one attached hydrogen (secondary N) is 1. The number of nitrogen functional groups attached to an aromatic ring is 1. The molecule has 0 radical (unpaired) electrons. The van der Waals surface area contributed by atoms with Gasteiger partial charge >= 0.3 is 0 Å². The lowest BCUT2D eigenvalue weighted by atomic mass is 10.1. The fourth-order valence-electron chi connectivity index (χ4n) is 1.99. The van der Waals surface area contributed by atoms with Gasteiger partial charge in [-0.25, -0.2) is 0 Å². The van der Waals surface area contributed by atoms with Crippen molar-refractivity contribution in [3.05, 3.63) is 47.3 Å². The molecule has 0 unspecified atom stereocenters. The highest BCUT2D eigenvalue weighted by Gasteiger charge is 2.17. The molecule has 2 aromatic rings. The van der Waals surface area contributed by atoms with E-state index in [9.17, 15) is 4.79 Å². The summed E-state index contributed by atoms with van der Waals surface area (Å²) in [6.07, 6.45) is 0.795. The number of nitrogens with zero attached hydrogens (tertiary/aromatic N) is 2. The molecule has 1 amide bonds. The van der Waals surface area contributed by atoms with Crippen LogP contribution in [0.4, 0.5) is 5.69 Å². The molecule has 19 heavy (non-hydrogen) atoms. The van der Waals surface area contributed by atoms with Crippen LogP contribution in [-0.4, -0.2) is 22.2 Å². The van der Waals surface area contributed by atoms with Crippen LogP contribution in [0.15, 0.2) is 30.3 Å². The van der Waals surface area contributed by atoms with Gasteiger partial charge in [-0.05, 0) is 18.9 Å². The molecule has 3 N–H and O–H groups in total. The normalized spacial score (nSPS) is 10.4. The van der Waals surface area contributed by atoms with Gasteiger partial charge in [0, 0.05) is 13.6 Å². The second kappa shape index (κ2) is 5.56. The van der Waals surface area contributed by atoms with Crippen molar-refractivity contribution < 1.29 is 4.79 Å². The molecule has 1 heterocycles. The van der Waals surface area contributed by atoms with Crippen LogP contribution in [0, 0.1) is 6.92 Å². The van der Waals surface area contributed by atoms with Gasteiger partial charge in [0.15, 0.2) is 0 Å². The molecule has 100 valence electrons. The maximum atomic E-state index is 12.0. The minimum absolute atomic E-state index is 0.184. The zero-order valence-corrected chi connectivity index (χ0v) is 11.2. The van der Waals surface area contributed by atoms with Gasteiger partial charge in [-0.15, -0.1) is 0 Å². The molecule has 0 fully saturated rings. The van der Waals surface area contributed by atoms with Gasteiger partial charge < -0.3 is 11.1 Å². The Kier molecular flexibility index (Phi) is 3.85. The Balaban J connectivity index is 1.95. The highest BCUT2D eigenvalue weighted by Crippen LogP contribution is 2.14. The molecular formula is C14H18N4O. The summed E-state index contributed by atoms with van der Waals surface area (Å²) < 4.78 is 1.52. The SMILES string of the molecule is Cc1nn(C)c(C(=O)NCCc2ccccc2)c1N. The molecule has 0 saturated carbocycles. The van der Waals surface area contributed by atoms with Crippen molar-refractivity contribution >= 4 is 11.6 Å². The number of hydrogen-bond donors (Lipinski definition) is 2. The fourth-order valence-corrected chi connectivity index (χ4v) is 1.99. The Bertz CT molecular complexity index is 575. The molecule has 0 saturated heterocycles. The second-order valence-corrected chi connectivity index (χ2v) is 4.46. The Morgan fingerprint density at radius 1 is 1.37 bits per heavy atom. The largest absolute Gasteiger partial charge is 0.395 e. The number of anilines is 1. The maximum absolute atomic E-state index is 12.0. The zero-order chi connectivity index (χ0) is 13.8. The summed E-state index contributed by atoms with van der Waals surface area (Å²) in [5.41, 5.74) is 8.58. The summed E-state index contributed by atoms with van der Waals surface area (Å²) in [5, 5.41) is 6.99. The third-order valence-corrected chi connectivity index (χ3v) is 3.03. The molecule has 2 rings (SSSR count). The molecule has 5 nitrogen and oxygen atoms in total. The molecule has 5 heteroatoms. The minimum Gasteiger partial charge on any atom is -0.395 e. The Labute approximate surface area is 112 Å². The fraction of sp³-hybridized carbons (Fsp3) is 0.286. The highest BCUT2D eigenvalue weighted by molar-refractivity contribution is 5.97. The lowest BCUT2D eigenvalue weighted by Gasteiger charge is -2.06. The topological polar surface area (TPSA) is 72.9 Å². The van der Waals surface area contributed by atoms with E-state index in [0.717, 1.165) is 6.42 Å². The lowest BCUT2D eigenvalue weighted by Crippen LogP contribution is -2.28. The third kappa shape index (κ3) is 2.93. The number of hydrogen-bond acceptors (Lipinski definition) is 3. The Hall–Kier alpha value is -2.30. The number of aryl methyl sites for hydroxylation is 2. The number of benzene rings is 1. The molecule has 0 atom stereocenters. The van der Waals surface area contributed by atoms with Crippen molar-refractivity contribution in [1.29, 1.82) is 0 Å². The highest BCUT2D eigenvalue weighted by atomic mass is 16.2. The number of rotatable bonds is 4. The summed E-state index contributed by atoms with van der Waals surface area (Å²) in [6.45, 7) is 2.36. The summed E-state index contributed by atoms with van der Waals surface area (Å²) >= 11 is 0. The number of amides is 1. The summed E-state index contributed by atoms with van der Waals surface area (Å²) in [6, 6.07) is 10.0. The van der Waals surface area contributed by atoms with Gasteiger partial charge in [0.1, 0.15) is 5.69 Å². The monoisotopic (exact) mass is 258 g/mol. The van der Waals surface area contributed by atoms with Crippen LogP contribution >= 0.6 is 0 Å². The average Bonchev–Trinajstić information content (AvgIpc) is 2.64. The Morgan fingerprint density at radius 2 is 2.05 bits per heavy atom. The first-order chi connectivity index (χ1) is 9.09. The molecule has 1 aromatic carbocycles. The van der Waals surface area contributed by atoms with E-state index in [1.165, 1.54) is 10.2 Å². The third-order valence-electron chi connectivity index (χ3n) is 3.03. The number of nitrogens with two attached hydrogens (primary N) is 1. The smallest absolute Gasteiger partial charge is 0.271 e. The first-order valence-corrected chi connectivity index (χ1v) is 6.21. The summed E-state index contributed by atoms with van der Waals surface area (Å²) in [4.78, 5) is 12.0. The average molecular weight is 258 g/mol. The standard InChI is InChI=1S/C14H18N4O/c1-10-12(15)13(18(2)17-10)14(19)16-9-8-11-6-4-3-5-7-11/h3-7H,8-9,15H2,1-2H3,(H,16,19).